The first-order valence-electron chi connectivity index (χ1n) is 7.72. The Labute approximate surface area is 146 Å². The van der Waals surface area contributed by atoms with Gasteiger partial charge in [0.1, 0.15) is 6.33 Å². The van der Waals surface area contributed by atoms with Gasteiger partial charge in [-0.2, -0.15) is 10.1 Å². The molecule has 0 aliphatic heterocycles. The fourth-order valence-corrected chi connectivity index (χ4v) is 2.58. The van der Waals surface area contributed by atoms with Gasteiger partial charge < -0.3 is 0 Å². The van der Waals surface area contributed by atoms with Crippen LogP contribution < -0.4 is 10.9 Å². The molecule has 0 saturated heterocycles. The highest BCUT2D eigenvalue weighted by atomic mass is 19.2. The quantitative estimate of drug-likeness (QED) is 0.536. The molecule has 26 heavy (non-hydrogen) atoms. The van der Waals surface area contributed by atoms with Gasteiger partial charge in [-0.3, -0.25) is 15.6 Å². The summed E-state index contributed by atoms with van der Waals surface area (Å²) in [5, 5.41) is 4.07. The van der Waals surface area contributed by atoms with Crippen molar-refractivity contribution in [3.63, 3.8) is 0 Å². The number of hydrogen-bond donors (Lipinski definition) is 2. The molecule has 0 aliphatic carbocycles. The Kier molecular flexibility index (Phi) is 4.74. The Balaban J connectivity index is 1.64. The third-order valence-corrected chi connectivity index (χ3v) is 3.96. The number of carbonyl (C=O) groups is 1. The molecular weight excluding hydrogens is 349 g/mol. The van der Waals surface area contributed by atoms with E-state index in [1.807, 2.05) is 13.8 Å². The Hall–Kier alpha value is -3.17. The summed E-state index contributed by atoms with van der Waals surface area (Å²) in [5.41, 5.74) is 6.53. The smallest absolute Gasteiger partial charge is 0.252 e. The van der Waals surface area contributed by atoms with Crippen molar-refractivity contribution in [3.05, 3.63) is 52.9 Å². The number of anilines is 1. The molecule has 0 radical (unpaired) electrons. The van der Waals surface area contributed by atoms with E-state index in [0.29, 0.717) is 12.2 Å². The summed E-state index contributed by atoms with van der Waals surface area (Å²) in [7, 11) is 0. The van der Waals surface area contributed by atoms with Crippen LogP contribution >= 0.6 is 0 Å². The normalized spacial score (nSPS) is 11.0. The second kappa shape index (κ2) is 6.98. The molecule has 2 aromatic heterocycles. The van der Waals surface area contributed by atoms with Gasteiger partial charge >= 0.3 is 0 Å². The molecule has 0 saturated carbocycles. The van der Waals surface area contributed by atoms with Crippen LogP contribution in [0.4, 0.5) is 18.9 Å². The van der Waals surface area contributed by atoms with Crippen LogP contribution in [0.3, 0.4) is 0 Å². The topological polar surface area (TPSA) is 84.2 Å². The number of hydrogen-bond acceptors (Lipinski definition) is 5. The Morgan fingerprint density at radius 1 is 1.19 bits per heavy atom. The van der Waals surface area contributed by atoms with Crippen LogP contribution in [-0.4, -0.2) is 25.5 Å². The van der Waals surface area contributed by atoms with Crippen LogP contribution in [-0.2, 0) is 11.2 Å². The van der Waals surface area contributed by atoms with Gasteiger partial charge in [-0.1, -0.05) is 0 Å². The molecule has 0 bridgehead atoms. The van der Waals surface area contributed by atoms with Crippen molar-refractivity contribution in [2.45, 2.75) is 26.7 Å². The Morgan fingerprint density at radius 2 is 1.96 bits per heavy atom. The molecule has 2 heterocycles. The summed E-state index contributed by atoms with van der Waals surface area (Å²) in [6.07, 6.45) is 1.83. The lowest BCUT2D eigenvalue weighted by atomic mass is 10.1. The molecule has 0 unspecified atom stereocenters. The first-order valence-corrected chi connectivity index (χ1v) is 7.72. The number of aromatic nitrogens is 4. The average molecular weight is 364 g/mol. The summed E-state index contributed by atoms with van der Waals surface area (Å²) in [5.74, 6) is -4.29. The zero-order chi connectivity index (χ0) is 18.8. The van der Waals surface area contributed by atoms with Gasteiger partial charge in [-0.15, -0.1) is 0 Å². The second-order valence-corrected chi connectivity index (χ2v) is 5.63. The summed E-state index contributed by atoms with van der Waals surface area (Å²) in [6, 6.07) is 1.75. The SMILES string of the molecule is Cc1nc2ncnn2c(C)c1CCC(=O)NNc1ccc(F)c(F)c1F. The average Bonchev–Trinajstić information content (AvgIpc) is 3.07. The summed E-state index contributed by atoms with van der Waals surface area (Å²) in [4.78, 5) is 20.3. The standard InChI is InChI=1S/C16H15F3N6O/c1-8-10(9(2)25-16(22-8)20-7-21-25)3-6-13(26)24-23-12-5-4-11(17)14(18)15(12)19/h4-5,7,23H,3,6H2,1-2H3,(H,24,26). The minimum absolute atomic E-state index is 0.0713. The maximum absolute atomic E-state index is 13.5. The highest BCUT2D eigenvalue weighted by molar-refractivity contribution is 5.77. The van der Waals surface area contributed by atoms with Crippen LogP contribution in [0.1, 0.15) is 23.4 Å². The van der Waals surface area contributed by atoms with E-state index in [1.54, 1.807) is 4.52 Å². The predicted octanol–water partition coefficient (Wildman–Crippen LogP) is 2.23. The van der Waals surface area contributed by atoms with E-state index in [0.717, 1.165) is 29.1 Å². The van der Waals surface area contributed by atoms with Crippen LogP contribution in [0, 0.1) is 31.3 Å². The fourth-order valence-electron chi connectivity index (χ4n) is 2.58. The van der Waals surface area contributed by atoms with Gasteiger partial charge in [-0.05, 0) is 38.0 Å². The number of hydrazine groups is 1. The highest BCUT2D eigenvalue weighted by Gasteiger charge is 2.15. The van der Waals surface area contributed by atoms with Crippen molar-refractivity contribution in [2.24, 2.45) is 0 Å². The van der Waals surface area contributed by atoms with Crippen LogP contribution in [0.15, 0.2) is 18.5 Å². The summed E-state index contributed by atoms with van der Waals surface area (Å²) >= 11 is 0. The molecule has 0 aliphatic rings. The molecule has 136 valence electrons. The van der Waals surface area contributed by atoms with Crippen molar-refractivity contribution in [1.82, 2.24) is 25.0 Å². The van der Waals surface area contributed by atoms with Gasteiger partial charge in [0.2, 0.25) is 5.91 Å². The van der Waals surface area contributed by atoms with E-state index in [1.165, 1.54) is 6.33 Å². The Bertz CT molecular complexity index is 988. The van der Waals surface area contributed by atoms with E-state index in [2.05, 4.69) is 25.9 Å². The molecule has 1 aromatic carbocycles. The van der Waals surface area contributed by atoms with E-state index in [-0.39, 0.29) is 12.1 Å². The van der Waals surface area contributed by atoms with E-state index < -0.39 is 23.4 Å². The number of benzene rings is 1. The lowest BCUT2D eigenvalue weighted by Gasteiger charge is -2.12. The number of rotatable bonds is 5. The molecule has 1 amide bonds. The van der Waals surface area contributed by atoms with E-state index in [4.69, 9.17) is 0 Å². The molecule has 7 nitrogen and oxygen atoms in total. The van der Waals surface area contributed by atoms with Gasteiger partial charge in [-0.25, -0.2) is 22.7 Å². The molecule has 2 N–H and O–H groups in total. The lowest BCUT2D eigenvalue weighted by Crippen LogP contribution is -2.30. The van der Waals surface area contributed by atoms with Gasteiger partial charge in [0.25, 0.3) is 5.78 Å². The summed E-state index contributed by atoms with van der Waals surface area (Å²) < 4.78 is 41.1. The number of carbonyl (C=O) groups excluding carboxylic acids is 1. The fraction of sp³-hybridized carbons (Fsp3) is 0.250. The maximum atomic E-state index is 13.5. The van der Waals surface area contributed by atoms with Crippen molar-refractivity contribution in [2.75, 3.05) is 5.43 Å². The predicted molar refractivity (Wildman–Crippen MR) is 86.7 cm³/mol. The maximum Gasteiger partial charge on any atom is 0.252 e. The number of nitrogens with one attached hydrogen (secondary N) is 2. The van der Waals surface area contributed by atoms with Crippen LogP contribution in [0.25, 0.3) is 5.78 Å². The van der Waals surface area contributed by atoms with Crippen molar-refractivity contribution in [3.8, 4) is 0 Å². The Morgan fingerprint density at radius 3 is 2.73 bits per heavy atom. The molecule has 0 spiro atoms. The minimum atomic E-state index is -1.61. The molecule has 10 heteroatoms. The van der Waals surface area contributed by atoms with Crippen LogP contribution in [0.5, 0.6) is 0 Å². The van der Waals surface area contributed by atoms with Crippen molar-refractivity contribution in [1.29, 1.82) is 0 Å². The first-order chi connectivity index (χ1) is 12.4. The van der Waals surface area contributed by atoms with E-state index in [9.17, 15) is 18.0 Å². The zero-order valence-corrected chi connectivity index (χ0v) is 14.0. The molecule has 0 fully saturated rings. The molecule has 0 atom stereocenters. The summed E-state index contributed by atoms with van der Waals surface area (Å²) in [6.45, 7) is 3.66. The third-order valence-electron chi connectivity index (χ3n) is 3.96. The number of nitrogens with zero attached hydrogens (tertiary/aromatic N) is 4. The lowest BCUT2D eigenvalue weighted by molar-refractivity contribution is -0.120. The van der Waals surface area contributed by atoms with Crippen molar-refractivity contribution >= 4 is 17.4 Å². The van der Waals surface area contributed by atoms with Crippen molar-refractivity contribution < 1.29 is 18.0 Å². The molecule has 3 rings (SSSR count). The highest BCUT2D eigenvalue weighted by Crippen LogP contribution is 2.19. The number of amides is 1. The monoisotopic (exact) mass is 364 g/mol. The molecular formula is C16H15F3N6O. The van der Waals surface area contributed by atoms with Gasteiger partial charge in [0, 0.05) is 17.8 Å². The van der Waals surface area contributed by atoms with Gasteiger partial charge in [0.05, 0.1) is 5.69 Å². The zero-order valence-electron chi connectivity index (χ0n) is 14.0. The second-order valence-electron chi connectivity index (χ2n) is 5.63. The first kappa shape index (κ1) is 17.6. The van der Waals surface area contributed by atoms with Crippen LogP contribution in [0.2, 0.25) is 0 Å². The van der Waals surface area contributed by atoms with E-state index >= 15 is 0 Å². The largest absolute Gasteiger partial charge is 0.296 e. The third kappa shape index (κ3) is 3.30. The number of fused-ring (bicyclic) bond motifs is 1. The number of halogens is 3. The number of aryl methyl sites for hydroxylation is 2. The molecule has 3 aromatic rings. The van der Waals surface area contributed by atoms with Gasteiger partial charge in [0.15, 0.2) is 17.5 Å². The minimum Gasteiger partial charge on any atom is -0.296 e.